The van der Waals surface area contributed by atoms with Crippen molar-refractivity contribution >= 4 is 15.8 Å². The Balaban J connectivity index is 1.53. The molecule has 0 bridgehead atoms. The molecule has 0 aliphatic carbocycles. The van der Waals surface area contributed by atoms with Gasteiger partial charge in [0.2, 0.25) is 21.7 Å². The largest absolute Gasteiger partial charge is 0.337 e. The summed E-state index contributed by atoms with van der Waals surface area (Å²) >= 11 is 0. The van der Waals surface area contributed by atoms with Gasteiger partial charge in [0.15, 0.2) is 0 Å². The van der Waals surface area contributed by atoms with Gasteiger partial charge in [0.05, 0.1) is 18.0 Å². The number of hydrogen-bond donors (Lipinski definition) is 1. The van der Waals surface area contributed by atoms with E-state index in [-0.39, 0.29) is 11.9 Å². The van der Waals surface area contributed by atoms with Crippen LogP contribution in [0.3, 0.4) is 0 Å². The van der Waals surface area contributed by atoms with E-state index in [0.717, 1.165) is 37.9 Å². The number of sulfonamides is 1. The molecule has 1 aliphatic rings. The summed E-state index contributed by atoms with van der Waals surface area (Å²) in [5, 5.41) is 4.08. The molecule has 0 amide bonds. The first-order valence-electron chi connectivity index (χ1n) is 8.90. The van der Waals surface area contributed by atoms with Crippen LogP contribution in [-0.2, 0) is 16.6 Å². The van der Waals surface area contributed by atoms with Gasteiger partial charge in [0.25, 0.3) is 0 Å². The average molecular weight is 400 g/mol. The van der Waals surface area contributed by atoms with E-state index < -0.39 is 10.0 Å². The summed E-state index contributed by atoms with van der Waals surface area (Å²) in [6, 6.07) is 9.21. The fourth-order valence-electron chi connectivity index (χ4n) is 3.30. The van der Waals surface area contributed by atoms with Crippen molar-refractivity contribution in [1.29, 1.82) is 0 Å². The first kappa shape index (κ1) is 18.5. The highest BCUT2D eigenvalue weighted by atomic mass is 32.2. The van der Waals surface area contributed by atoms with Crippen LogP contribution in [0.25, 0.3) is 11.4 Å². The van der Waals surface area contributed by atoms with Crippen molar-refractivity contribution in [2.75, 3.05) is 17.5 Å². The fraction of sp³-hybridized carbons (Fsp3) is 0.333. The third-order valence-electron chi connectivity index (χ3n) is 4.49. The zero-order chi connectivity index (χ0) is 19.6. The molecule has 1 atom stereocenters. The van der Waals surface area contributed by atoms with Crippen molar-refractivity contribution in [3.63, 3.8) is 0 Å². The van der Waals surface area contributed by atoms with Crippen molar-refractivity contribution in [3.05, 3.63) is 54.3 Å². The molecule has 10 heteroatoms. The minimum atomic E-state index is -3.41. The maximum absolute atomic E-state index is 11.4. The van der Waals surface area contributed by atoms with Crippen molar-refractivity contribution in [3.8, 4) is 11.4 Å². The molecule has 1 unspecified atom stereocenters. The number of nitrogens with one attached hydrogen (secondary N) is 1. The van der Waals surface area contributed by atoms with Gasteiger partial charge in [-0.05, 0) is 43.7 Å². The van der Waals surface area contributed by atoms with E-state index in [1.807, 2.05) is 18.2 Å². The SMILES string of the molecule is CS(=O)(=O)Nc1cc(-c2noc(C3CCCN3Cc3ccccn3)n2)ccn1. The highest BCUT2D eigenvalue weighted by Crippen LogP contribution is 2.33. The summed E-state index contributed by atoms with van der Waals surface area (Å²) < 4.78 is 30.7. The standard InChI is InChI=1S/C18H20N6O3S/c1-28(25,26)23-16-11-13(7-9-20-16)17-21-18(27-22-17)15-6-4-10-24(15)12-14-5-2-3-8-19-14/h2-3,5,7-9,11,15H,4,6,10,12H2,1H3,(H,20,23). The Morgan fingerprint density at radius 2 is 2.14 bits per heavy atom. The monoisotopic (exact) mass is 400 g/mol. The van der Waals surface area contributed by atoms with E-state index in [4.69, 9.17) is 4.52 Å². The summed E-state index contributed by atoms with van der Waals surface area (Å²) in [4.78, 5) is 15.2. The number of likely N-dealkylation sites (tertiary alicyclic amines) is 1. The molecule has 3 aromatic rings. The van der Waals surface area contributed by atoms with Gasteiger partial charge >= 0.3 is 0 Å². The molecule has 28 heavy (non-hydrogen) atoms. The minimum Gasteiger partial charge on any atom is -0.337 e. The van der Waals surface area contributed by atoms with Crippen LogP contribution < -0.4 is 4.72 Å². The molecular formula is C18H20N6O3S. The Hall–Kier alpha value is -2.85. The van der Waals surface area contributed by atoms with E-state index in [0.29, 0.717) is 17.3 Å². The second kappa shape index (κ2) is 7.64. The van der Waals surface area contributed by atoms with Gasteiger partial charge in [-0.2, -0.15) is 4.98 Å². The van der Waals surface area contributed by atoms with Crippen molar-refractivity contribution in [1.82, 2.24) is 25.0 Å². The first-order chi connectivity index (χ1) is 13.5. The molecule has 0 spiro atoms. The van der Waals surface area contributed by atoms with Crippen LogP contribution in [0.2, 0.25) is 0 Å². The Labute approximate surface area is 162 Å². The zero-order valence-corrected chi connectivity index (χ0v) is 16.1. The Morgan fingerprint density at radius 3 is 2.93 bits per heavy atom. The molecule has 0 saturated carbocycles. The van der Waals surface area contributed by atoms with Gasteiger partial charge in [0, 0.05) is 24.5 Å². The summed E-state index contributed by atoms with van der Waals surface area (Å²) in [7, 11) is -3.41. The van der Waals surface area contributed by atoms with Gasteiger partial charge in [-0.25, -0.2) is 13.4 Å². The van der Waals surface area contributed by atoms with E-state index >= 15 is 0 Å². The summed E-state index contributed by atoms with van der Waals surface area (Å²) in [6.45, 7) is 1.66. The molecule has 1 N–H and O–H groups in total. The van der Waals surface area contributed by atoms with Crippen molar-refractivity contribution in [2.45, 2.75) is 25.4 Å². The number of rotatable bonds is 6. The average Bonchev–Trinajstić information content (AvgIpc) is 3.30. The number of pyridine rings is 2. The fourth-order valence-corrected chi connectivity index (χ4v) is 3.79. The highest BCUT2D eigenvalue weighted by Gasteiger charge is 2.31. The number of nitrogens with zero attached hydrogens (tertiary/aromatic N) is 5. The molecule has 1 saturated heterocycles. The van der Waals surface area contributed by atoms with Gasteiger partial charge in [-0.3, -0.25) is 14.6 Å². The van der Waals surface area contributed by atoms with Gasteiger partial charge in [0.1, 0.15) is 5.82 Å². The molecule has 0 radical (unpaired) electrons. The smallest absolute Gasteiger partial charge is 0.244 e. The van der Waals surface area contributed by atoms with Crippen LogP contribution in [0.1, 0.15) is 30.5 Å². The van der Waals surface area contributed by atoms with Crippen LogP contribution in [0.5, 0.6) is 0 Å². The molecule has 1 fully saturated rings. The van der Waals surface area contributed by atoms with E-state index in [1.54, 1.807) is 18.3 Å². The van der Waals surface area contributed by atoms with Gasteiger partial charge in [-0.1, -0.05) is 11.2 Å². The van der Waals surface area contributed by atoms with Gasteiger partial charge < -0.3 is 4.52 Å². The third-order valence-corrected chi connectivity index (χ3v) is 5.07. The molecule has 9 nitrogen and oxygen atoms in total. The number of hydrogen-bond acceptors (Lipinski definition) is 8. The molecule has 4 heterocycles. The van der Waals surface area contributed by atoms with Crippen LogP contribution in [-0.4, -0.2) is 46.2 Å². The molecule has 146 valence electrons. The lowest BCUT2D eigenvalue weighted by molar-refractivity contribution is 0.199. The predicted molar refractivity (Wildman–Crippen MR) is 103 cm³/mol. The quantitative estimate of drug-likeness (QED) is 0.670. The lowest BCUT2D eigenvalue weighted by Gasteiger charge is -2.20. The van der Waals surface area contributed by atoms with E-state index in [2.05, 4.69) is 29.7 Å². The van der Waals surface area contributed by atoms with Crippen LogP contribution in [0.15, 0.2) is 47.2 Å². The van der Waals surface area contributed by atoms with E-state index in [9.17, 15) is 8.42 Å². The Morgan fingerprint density at radius 1 is 1.25 bits per heavy atom. The maximum Gasteiger partial charge on any atom is 0.244 e. The maximum atomic E-state index is 11.4. The first-order valence-corrected chi connectivity index (χ1v) is 10.8. The second-order valence-corrected chi connectivity index (χ2v) is 8.46. The van der Waals surface area contributed by atoms with Crippen molar-refractivity contribution in [2.24, 2.45) is 0 Å². The van der Waals surface area contributed by atoms with Gasteiger partial charge in [-0.15, -0.1) is 0 Å². The zero-order valence-electron chi connectivity index (χ0n) is 15.3. The lowest BCUT2D eigenvalue weighted by Crippen LogP contribution is -2.23. The number of aromatic nitrogens is 4. The molecular weight excluding hydrogens is 380 g/mol. The molecule has 1 aliphatic heterocycles. The summed E-state index contributed by atoms with van der Waals surface area (Å²) in [5.41, 5.74) is 1.63. The predicted octanol–water partition coefficient (Wildman–Crippen LogP) is 2.24. The van der Waals surface area contributed by atoms with Crippen LogP contribution >= 0.6 is 0 Å². The minimum absolute atomic E-state index is 0.0405. The van der Waals surface area contributed by atoms with Crippen molar-refractivity contribution < 1.29 is 12.9 Å². The lowest BCUT2D eigenvalue weighted by atomic mass is 10.2. The normalized spacial score (nSPS) is 17.7. The number of anilines is 1. The second-order valence-electron chi connectivity index (χ2n) is 6.71. The van der Waals surface area contributed by atoms with Crippen LogP contribution in [0, 0.1) is 0 Å². The summed E-state index contributed by atoms with van der Waals surface area (Å²) in [5.74, 6) is 1.17. The Kier molecular flexibility index (Phi) is 5.05. The molecule has 4 rings (SSSR count). The highest BCUT2D eigenvalue weighted by molar-refractivity contribution is 7.92. The Bertz CT molecular complexity index is 1050. The molecule has 0 aromatic carbocycles. The van der Waals surface area contributed by atoms with Crippen LogP contribution in [0.4, 0.5) is 5.82 Å². The summed E-state index contributed by atoms with van der Waals surface area (Å²) in [6.07, 6.45) is 6.35. The topological polar surface area (TPSA) is 114 Å². The molecule has 3 aromatic heterocycles. The third kappa shape index (κ3) is 4.34. The van der Waals surface area contributed by atoms with E-state index in [1.165, 1.54) is 6.20 Å².